The average molecular weight is 405 g/mol. The van der Waals surface area contributed by atoms with Gasteiger partial charge in [0.1, 0.15) is 0 Å². The summed E-state index contributed by atoms with van der Waals surface area (Å²) in [4.78, 5) is 0. The smallest absolute Gasteiger partial charge is 0.0571 e. The van der Waals surface area contributed by atoms with Gasteiger partial charge in [0.2, 0.25) is 0 Å². The minimum Gasteiger partial charge on any atom is -0.340 e. The highest BCUT2D eigenvalue weighted by atomic mass is 79.9. The van der Waals surface area contributed by atoms with Crippen LogP contribution in [0.15, 0.2) is 65.1 Å². The molecule has 0 amide bonds. The summed E-state index contributed by atoms with van der Waals surface area (Å²) >= 11 is 3.65. The number of nitrogens with zero attached hydrogens (tertiary/aromatic N) is 1. The van der Waals surface area contributed by atoms with Crippen molar-refractivity contribution in [2.45, 2.75) is 39.2 Å². The fraction of sp³-hybridized carbons (Fsp3) is 0.250. The Morgan fingerprint density at radius 2 is 1.85 bits per heavy atom. The summed E-state index contributed by atoms with van der Waals surface area (Å²) < 4.78 is 3.65. The number of aromatic nitrogens is 1. The Morgan fingerprint density at radius 1 is 0.923 bits per heavy atom. The zero-order chi connectivity index (χ0) is 17.9. The Balaban J connectivity index is 1.95. The fourth-order valence-corrected chi connectivity index (χ4v) is 4.20. The molecule has 0 aliphatic rings. The number of aryl methyl sites for hydroxylation is 1. The first-order valence-corrected chi connectivity index (χ1v) is 10.3. The van der Waals surface area contributed by atoms with E-state index in [1.807, 2.05) is 12.1 Å². The van der Waals surface area contributed by atoms with Crippen molar-refractivity contribution in [3.8, 4) is 11.1 Å². The van der Waals surface area contributed by atoms with Gasteiger partial charge < -0.3 is 4.57 Å². The first-order valence-electron chi connectivity index (χ1n) is 9.47. The van der Waals surface area contributed by atoms with E-state index >= 15 is 0 Å². The molecule has 1 aromatic heterocycles. The van der Waals surface area contributed by atoms with Gasteiger partial charge in [-0.05, 0) is 36.2 Å². The summed E-state index contributed by atoms with van der Waals surface area (Å²) in [7, 11) is 0. The fourth-order valence-electron chi connectivity index (χ4n) is 3.84. The van der Waals surface area contributed by atoms with Crippen molar-refractivity contribution in [3.05, 3.63) is 71.2 Å². The van der Waals surface area contributed by atoms with E-state index in [-0.39, 0.29) is 0 Å². The second-order valence-corrected chi connectivity index (χ2v) is 7.77. The molecule has 0 unspecified atom stereocenters. The molecule has 0 N–H and O–H groups in total. The largest absolute Gasteiger partial charge is 0.340 e. The van der Waals surface area contributed by atoms with Crippen LogP contribution in [0, 0.1) is 6.07 Å². The lowest BCUT2D eigenvalue weighted by atomic mass is 10.0. The summed E-state index contributed by atoms with van der Waals surface area (Å²) in [5.74, 6) is 0. The molecule has 0 saturated carbocycles. The predicted octanol–water partition coefficient (Wildman–Crippen LogP) is 7.60. The van der Waals surface area contributed by atoms with Crippen LogP contribution in [0.4, 0.5) is 0 Å². The van der Waals surface area contributed by atoms with Crippen molar-refractivity contribution in [3.63, 3.8) is 0 Å². The highest BCUT2D eigenvalue weighted by Crippen LogP contribution is 2.37. The molecule has 2 heteroatoms. The third-order valence-corrected chi connectivity index (χ3v) is 5.57. The molecule has 1 nitrogen and oxygen atoms in total. The number of unbranched alkanes of at least 4 members (excludes halogenated alkanes) is 3. The molecule has 26 heavy (non-hydrogen) atoms. The number of hydrogen-bond donors (Lipinski definition) is 0. The summed E-state index contributed by atoms with van der Waals surface area (Å²) in [6.45, 7) is 3.33. The molecule has 3 aromatic carbocycles. The molecule has 4 rings (SSSR count). The van der Waals surface area contributed by atoms with Crippen LogP contribution in [-0.2, 0) is 6.54 Å². The SMILES string of the molecule is CCCCCCn1c2ccc(Br)cc2c2cccc(-c3[c]cccc3)c21. The number of hydrogen-bond acceptors (Lipinski definition) is 0. The second-order valence-electron chi connectivity index (χ2n) is 6.85. The molecule has 0 aliphatic carbocycles. The molecule has 1 heterocycles. The lowest BCUT2D eigenvalue weighted by Gasteiger charge is -2.11. The number of fused-ring (bicyclic) bond motifs is 3. The highest BCUT2D eigenvalue weighted by Gasteiger charge is 2.15. The van der Waals surface area contributed by atoms with Gasteiger partial charge in [0.25, 0.3) is 0 Å². The van der Waals surface area contributed by atoms with Crippen molar-refractivity contribution in [2.75, 3.05) is 0 Å². The molecular formula is C24H23BrN. The van der Waals surface area contributed by atoms with Crippen LogP contribution in [0.25, 0.3) is 32.9 Å². The molecule has 0 fully saturated rings. The maximum atomic E-state index is 3.65. The summed E-state index contributed by atoms with van der Waals surface area (Å²) in [5, 5.41) is 2.65. The van der Waals surface area contributed by atoms with Gasteiger partial charge in [-0.2, -0.15) is 0 Å². The molecule has 0 atom stereocenters. The van der Waals surface area contributed by atoms with Crippen LogP contribution in [0.1, 0.15) is 32.6 Å². The van der Waals surface area contributed by atoms with Gasteiger partial charge in [0.05, 0.1) is 5.52 Å². The first kappa shape index (κ1) is 17.4. The normalized spacial score (nSPS) is 11.5. The molecule has 0 bridgehead atoms. The highest BCUT2D eigenvalue weighted by molar-refractivity contribution is 9.10. The Hall–Kier alpha value is -2.06. The average Bonchev–Trinajstić information content (AvgIpc) is 2.99. The van der Waals surface area contributed by atoms with Crippen molar-refractivity contribution in [1.29, 1.82) is 0 Å². The molecule has 0 saturated heterocycles. The van der Waals surface area contributed by atoms with E-state index < -0.39 is 0 Å². The van der Waals surface area contributed by atoms with Crippen LogP contribution < -0.4 is 0 Å². The monoisotopic (exact) mass is 404 g/mol. The second kappa shape index (κ2) is 7.67. The van der Waals surface area contributed by atoms with Gasteiger partial charge in [-0.3, -0.25) is 0 Å². The van der Waals surface area contributed by atoms with E-state index in [0.717, 1.165) is 16.6 Å². The number of rotatable bonds is 6. The van der Waals surface area contributed by atoms with Crippen LogP contribution in [0.3, 0.4) is 0 Å². The molecular weight excluding hydrogens is 382 g/mol. The van der Waals surface area contributed by atoms with E-state index in [0.29, 0.717) is 0 Å². The number of para-hydroxylation sites is 1. The third-order valence-electron chi connectivity index (χ3n) is 5.08. The topological polar surface area (TPSA) is 4.93 Å². The quantitative estimate of drug-likeness (QED) is 0.291. The zero-order valence-corrected chi connectivity index (χ0v) is 16.7. The lowest BCUT2D eigenvalue weighted by molar-refractivity contribution is 0.602. The van der Waals surface area contributed by atoms with Crippen molar-refractivity contribution >= 4 is 37.7 Å². The Labute approximate surface area is 163 Å². The summed E-state index contributed by atoms with van der Waals surface area (Å²) in [5.41, 5.74) is 5.09. The van der Waals surface area contributed by atoms with E-state index in [1.165, 1.54) is 53.1 Å². The van der Waals surface area contributed by atoms with Gasteiger partial charge in [-0.15, -0.1) is 0 Å². The van der Waals surface area contributed by atoms with Crippen molar-refractivity contribution in [1.82, 2.24) is 4.57 Å². The maximum Gasteiger partial charge on any atom is 0.0571 e. The molecule has 4 aromatic rings. The molecule has 0 aliphatic heterocycles. The minimum absolute atomic E-state index is 1.06. The summed E-state index contributed by atoms with van der Waals surface area (Å²) in [6.07, 6.45) is 5.08. The van der Waals surface area contributed by atoms with Crippen LogP contribution in [0.2, 0.25) is 0 Å². The predicted molar refractivity (Wildman–Crippen MR) is 116 cm³/mol. The first-order chi connectivity index (χ1) is 12.8. The van der Waals surface area contributed by atoms with E-state index in [4.69, 9.17) is 0 Å². The van der Waals surface area contributed by atoms with Crippen molar-refractivity contribution in [2.24, 2.45) is 0 Å². The Bertz CT molecular complexity index is 1030. The lowest BCUT2D eigenvalue weighted by Crippen LogP contribution is -1.99. The van der Waals surface area contributed by atoms with Crippen LogP contribution in [0.5, 0.6) is 0 Å². The van der Waals surface area contributed by atoms with Gasteiger partial charge in [-0.1, -0.05) is 84.6 Å². The molecule has 0 spiro atoms. The maximum absolute atomic E-state index is 3.65. The number of benzene rings is 3. The Morgan fingerprint density at radius 3 is 2.65 bits per heavy atom. The molecule has 131 valence electrons. The van der Waals surface area contributed by atoms with Gasteiger partial charge >= 0.3 is 0 Å². The standard InChI is InChI=1S/C24H23BrN/c1-2-3-4-8-16-26-23-15-14-19(25)17-22(23)21-13-9-12-20(24(21)26)18-10-6-5-7-11-18/h5-7,9-10,12-15,17H,2-4,8,16H2,1H3. The van der Waals surface area contributed by atoms with Gasteiger partial charge in [0, 0.05) is 32.9 Å². The number of halogens is 1. The van der Waals surface area contributed by atoms with Crippen molar-refractivity contribution < 1.29 is 0 Å². The van der Waals surface area contributed by atoms with Crippen LogP contribution in [-0.4, -0.2) is 4.57 Å². The Kier molecular flexibility index (Phi) is 5.12. The van der Waals surface area contributed by atoms with Crippen LogP contribution >= 0.6 is 15.9 Å². The minimum atomic E-state index is 1.06. The summed E-state index contributed by atoms with van der Waals surface area (Å²) in [6, 6.07) is 25.0. The zero-order valence-electron chi connectivity index (χ0n) is 15.1. The van der Waals surface area contributed by atoms with E-state index in [1.54, 1.807) is 0 Å². The third kappa shape index (κ3) is 3.19. The van der Waals surface area contributed by atoms with E-state index in [2.05, 4.69) is 82.0 Å². The van der Waals surface area contributed by atoms with Gasteiger partial charge in [0.15, 0.2) is 0 Å². The molecule has 1 radical (unpaired) electrons. The van der Waals surface area contributed by atoms with E-state index in [9.17, 15) is 0 Å². The van der Waals surface area contributed by atoms with Gasteiger partial charge in [-0.25, -0.2) is 0 Å².